The average molecular weight is 397 g/mol. The highest BCUT2D eigenvalue weighted by atomic mass is 35.5. The van der Waals surface area contributed by atoms with Crippen molar-refractivity contribution >= 4 is 40.7 Å². The van der Waals surface area contributed by atoms with E-state index in [4.69, 9.17) is 34.8 Å². The van der Waals surface area contributed by atoms with Crippen LogP contribution in [-0.4, -0.2) is 23.0 Å². The van der Waals surface area contributed by atoms with Gasteiger partial charge >= 0.3 is 0 Å². The Morgan fingerprint density at radius 1 is 1.20 bits per heavy atom. The number of rotatable bonds is 4. The predicted molar refractivity (Wildman–Crippen MR) is 102 cm³/mol. The van der Waals surface area contributed by atoms with Gasteiger partial charge in [0, 0.05) is 18.5 Å². The Kier molecular flexibility index (Phi) is 5.12. The van der Waals surface area contributed by atoms with E-state index >= 15 is 0 Å². The summed E-state index contributed by atoms with van der Waals surface area (Å²) in [4.78, 5) is 13.7. The molecule has 3 rings (SSSR count). The minimum Gasteiger partial charge on any atom is -0.369 e. The second-order valence-corrected chi connectivity index (χ2v) is 7.19. The molecular weight excluding hydrogens is 381 g/mol. The minimum atomic E-state index is -1.04. The standard InChI is InChI=1S/C19H16Cl3NO2/c1-3-4-11(10-5-7-13(20)15(22)9-10)12-6-8-14(21)17-16(12)18(24)23(2)19(17)25/h3,5-9,11,18,24H,1,4H2,2H3. The van der Waals surface area contributed by atoms with Crippen molar-refractivity contribution in [3.05, 3.63) is 80.3 Å². The zero-order chi connectivity index (χ0) is 18.3. The van der Waals surface area contributed by atoms with Crippen LogP contribution >= 0.6 is 34.8 Å². The predicted octanol–water partition coefficient (Wildman–Crippen LogP) is 5.43. The van der Waals surface area contributed by atoms with E-state index in [0.29, 0.717) is 32.6 Å². The van der Waals surface area contributed by atoms with Crippen molar-refractivity contribution in [1.29, 1.82) is 0 Å². The molecule has 130 valence electrons. The summed E-state index contributed by atoms with van der Waals surface area (Å²) < 4.78 is 0. The van der Waals surface area contributed by atoms with Crippen LogP contribution in [0.5, 0.6) is 0 Å². The summed E-state index contributed by atoms with van der Waals surface area (Å²) in [5, 5.41) is 11.8. The SMILES string of the molecule is C=CCC(c1ccc(Cl)c(Cl)c1)c1ccc(Cl)c2c1C(O)N(C)C2=O. The summed E-state index contributed by atoms with van der Waals surface area (Å²) in [7, 11) is 1.55. The normalized spacial score (nSPS) is 17.6. The molecule has 2 unspecified atom stereocenters. The maximum atomic E-state index is 12.4. The summed E-state index contributed by atoms with van der Waals surface area (Å²) in [6, 6.07) is 8.95. The van der Waals surface area contributed by atoms with Crippen molar-refractivity contribution in [2.24, 2.45) is 0 Å². The molecule has 0 saturated heterocycles. The van der Waals surface area contributed by atoms with E-state index in [1.807, 2.05) is 12.1 Å². The van der Waals surface area contributed by atoms with Gasteiger partial charge in [-0.3, -0.25) is 4.79 Å². The highest BCUT2D eigenvalue weighted by molar-refractivity contribution is 6.42. The topological polar surface area (TPSA) is 40.5 Å². The van der Waals surface area contributed by atoms with E-state index in [0.717, 1.165) is 11.1 Å². The zero-order valence-corrected chi connectivity index (χ0v) is 15.7. The van der Waals surface area contributed by atoms with Crippen molar-refractivity contribution in [1.82, 2.24) is 4.90 Å². The van der Waals surface area contributed by atoms with E-state index in [1.165, 1.54) is 4.90 Å². The lowest BCUT2D eigenvalue weighted by Crippen LogP contribution is -2.22. The van der Waals surface area contributed by atoms with Crippen LogP contribution in [0.2, 0.25) is 15.1 Å². The Labute approximate surface area is 161 Å². The Balaban J connectivity index is 2.21. The Morgan fingerprint density at radius 3 is 2.52 bits per heavy atom. The van der Waals surface area contributed by atoms with E-state index in [9.17, 15) is 9.90 Å². The van der Waals surface area contributed by atoms with E-state index in [2.05, 4.69) is 6.58 Å². The number of nitrogens with zero attached hydrogens (tertiary/aromatic N) is 1. The van der Waals surface area contributed by atoms with Gasteiger partial charge in [-0.1, -0.05) is 53.0 Å². The van der Waals surface area contributed by atoms with Crippen molar-refractivity contribution in [3.8, 4) is 0 Å². The fourth-order valence-corrected chi connectivity index (χ4v) is 3.78. The number of aliphatic hydroxyl groups is 1. The first-order valence-corrected chi connectivity index (χ1v) is 8.83. The van der Waals surface area contributed by atoms with Crippen LogP contribution in [0, 0.1) is 0 Å². The second kappa shape index (κ2) is 7.00. The molecule has 1 aliphatic rings. The average Bonchev–Trinajstić information content (AvgIpc) is 2.82. The molecule has 0 bridgehead atoms. The molecule has 1 heterocycles. The van der Waals surface area contributed by atoms with Gasteiger partial charge in [0.05, 0.1) is 20.6 Å². The summed E-state index contributed by atoms with van der Waals surface area (Å²) in [5.74, 6) is -0.423. The van der Waals surface area contributed by atoms with Crippen LogP contribution in [0.1, 0.15) is 45.6 Å². The molecule has 3 nitrogen and oxygen atoms in total. The molecule has 0 aromatic heterocycles. The number of carbonyl (C=O) groups is 1. The van der Waals surface area contributed by atoms with Crippen LogP contribution in [0.4, 0.5) is 0 Å². The molecular formula is C19H16Cl3NO2. The number of aliphatic hydroxyl groups excluding tert-OH is 1. The van der Waals surface area contributed by atoms with Crippen molar-refractivity contribution < 1.29 is 9.90 Å². The number of carbonyl (C=O) groups excluding carboxylic acids is 1. The lowest BCUT2D eigenvalue weighted by atomic mass is 9.84. The molecule has 0 radical (unpaired) electrons. The lowest BCUT2D eigenvalue weighted by Gasteiger charge is -2.22. The molecule has 0 spiro atoms. The summed E-state index contributed by atoms with van der Waals surface area (Å²) in [6.45, 7) is 3.83. The summed E-state index contributed by atoms with van der Waals surface area (Å²) in [5.41, 5.74) is 2.64. The fourth-order valence-electron chi connectivity index (χ4n) is 3.23. The van der Waals surface area contributed by atoms with Crippen LogP contribution < -0.4 is 0 Å². The Morgan fingerprint density at radius 2 is 1.88 bits per heavy atom. The molecule has 1 aliphatic heterocycles. The van der Waals surface area contributed by atoms with Crippen LogP contribution in [0.15, 0.2) is 43.0 Å². The molecule has 0 saturated carbocycles. The third kappa shape index (κ3) is 3.06. The largest absolute Gasteiger partial charge is 0.369 e. The highest BCUT2D eigenvalue weighted by Gasteiger charge is 2.38. The minimum absolute atomic E-state index is 0.132. The number of fused-ring (bicyclic) bond motifs is 1. The third-order valence-electron chi connectivity index (χ3n) is 4.51. The smallest absolute Gasteiger partial charge is 0.257 e. The molecule has 2 atom stereocenters. The van der Waals surface area contributed by atoms with Gasteiger partial charge in [-0.15, -0.1) is 6.58 Å². The van der Waals surface area contributed by atoms with Crippen molar-refractivity contribution in [2.75, 3.05) is 7.05 Å². The van der Waals surface area contributed by atoms with Gasteiger partial charge in [0.25, 0.3) is 5.91 Å². The fraction of sp³-hybridized carbons (Fsp3) is 0.211. The summed E-state index contributed by atoms with van der Waals surface area (Å²) >= 11 is 18.4. The lowest BCUT2D eigenvalue weighted by molar-refractivity contribution is 0.0298. The molecule has 6 heteroatoms. The highest BCUT2D eigenvalue weighted by Crippen LogP contribution is 2.43. The molecule has 25 heavy (non-hydrogen) atoms. The van der Waals surface area contributed by atoms with Gasteiger partial charge in [-0.05, 0) is 35.7 Å². The van der Waals surface area contributed by atoms with Crippen LogP contribution in [0.25, 0.3) is 0 Å². The number of hydrogen-bond acceptors (Lipinski definition) is 2. The first-order valence-electron chi connectivity index (χ1n) is 7.70. The van der Waals surface area contributed by atoms with Crippen LogP contribution in [0.3, 0.4) is 0 Å². The maximum absolute atomic E-state index is 12.4. The third-order valence-corrected chi connectivity index (χ3v) is 5.57. The van der Waals surface area contributed by atoms with Gasteiger partial charge in [-0.2, -0.15) is 0 Å². The molecule has 1 N–H and O–H groups in total. The number of allylic oxidation sites excluding steroid dienone is 1. The maximum Gasteiger partial charge on any atom is 0.257 e. The first kappa shape index (κ1) is 18.3. The monoisotopic (exact) mass is 395 g/mol. The van der Waals surface area contributed by atoms with Crippen LogP contribution in [-0.2, 0) is 0 Å². The van der Waals surface area contributed by atoms with Gasteiger partial charge in [0.1, 0.15) is 0 Å². The quantitative estimate of drug-likeness (QED) is 0.700. The Bertz CT molecular complexity index is 866. The number of hydrogen-bond donors (Lipinski definition) is 1. The Hall–Kier alpha value is -1.52. The van der Waals surface area contributed by atoms with Gasteiger partial charge < -0.3 is 10.0 Å². The van der Waals surface area contributed by atoms with Gasteiger partial charge in [0.2, 0.25) is 0 Å². The molecule has 0 fully saturated rings. The number of halogens is 3. The van der Waals surface area contributed by atoms with Crippen molar-refractivity contribution in [3.63, 3.8) is 0 Å². The number of amides is 1. The zero-order valence-electron chi connectivity index (χ0n) is 13.5. The molecule has 2 aromatic rings. The molecule has 0 aliphatic carbocycles. The second-order valence-electron chi connectivity index (χ2n) is 5.97. The van der Waals surface area contributed by atoms with Crippen molar-refractivity contribution in [2.45, 2.75) is 18.6 Å². The van der Waals surface area contributed by atoms with E-state index in [-0.39, 0.29) is 11.8 Å². The van der Waals surface area contributed by atoms with E-state index in [1.54, 1.807) is 31.3 Å². The van der Waals surface area contributed by atoms with Gasteiger partial charge in [0.15, 0.2) is 6.23 Å². The molecule has 1 amide bonds. The summed E-state index contributed by atoms with van der Waals surface area (Å²) in [6.07, 6.45) is 1.36. The molecule has 2 aromatic carbocycles. The first-order chi connectivity index (χ1) is 11.9. The van der Waals surface area contributed by atoms with Gasteiger partial charge in [-0.25, -0.2) is 0 Å². The number of benzene rings is 2. The van der Waals surface area contributed by atoms with E-state index < -0.39 is 6.23 Å².